The van der Waals surface area contributed by atoms with Crippen LogP contribution in [-0.2, 0) is 10.0 Å². The molecule has 1 unspecified atom stereocenters. The highest BCUT2D eigenvalue weighted by molar-refractivity contribution is 7.92. The zero-order valence-electron chi connectivity index (χ0n) is 26.9. The molecular formula is C37H34FN3O5S. The number of halogens is 1. The van der Waals surface area contributed by atoms with Crippen LogP contribution in [0.1, 0.15) is 42.8 Å². The highest BCUT2D eigenvalue weighted by atomic mass is 32.2. The Hall–Kier alpha value is -5.09. The van der Waals surface area contributed by atoms with Crippen LogP contribution in [0, 0.1) is 11.2 Å². The molecule has 1 atom stereocenters. The number of nitrogens with one attached hydrogen (secondary N) is 2. The van der Waals surface area contributed by atoms with Crippen molar-refractivity contribution in [1.82, 2.24) is 10.3 Å². The highest BCUT2D eigenvalue weighted by Crippen LogP contribution is 2.52. The van der Waals surface area contributed by atoms with Crippen LogP contribution in [0.3, 0.4) is 0 Å². The van der Waals surface area contributed by atoms with E-state index in [2.05, 4.69) is 37.1 Å². The molecular weight excluding hydrogens is 617 g/mol. The van der Waals surface area contributed by atoms with Gasteiger partial charge in [0.25, 0.3) is 5.91 Å². The molecule has 1 aliphatic rings. The van der Waals surface area contributed by atoms with E-state index < -0.39 is 21.7 Å². The molecule has 8 nitrogen and oxygen atoms in total. The van der Waals surface area contributed by atoms with E-state index >= 15 is 0 Å². The standard InChI is InChI=1S/C37H34FN3O5S/c1-37(2,3)35-31-23-9-7-8-10-27(23)40-33(31)26-17-21(13-16-29(26)46-35)24-18-25-30(19-28(24)41(5)47(6,43)44)45-34(32(25)36(42)39-4)20-11-14-22(38)15-12-20/h7-19,35,40H,1-6H3,(H,39,42). The Labute approximate surface area is 272 Å². The van der Waals surface area contributed by atoms with Gasteiger partial charge >= 0.3 is 0 Å². The first-order valence-corrected chi connectivity index (χ1v) is 17.1. The quantitative estimate of drug-likeness (QED) is 0.195. The van der Waals surface area contributed by atoms with Gasteiger partial charge in [-0.05, 0) is 54.1 Å². The smallest absolute Gasteiger partial charge is 0.255 e. The van der Waals surface area contributed by atoms with Crippen LogP contribution in [0.5, 0.6) is 5.75 Å². The summed E-state index contributed by atoms with van der Waals surface area (Å²) in [4.78, 5) is 16.9. The fourth-order valence-electron chi connectivity index (χ4n) is 6.40. The Morgan fingerprint density at radius 3 is 2.32 bits per heavy atom. The van der Waals surface area contributed by atoms with Crippen molar-refractivity contribution in [2.24, 2.45) is 5.41 Å². The van der Waals surface area contributed by atoms with Crippen LogP contribution in [-0.4, -0.2) is 39.7 Å². The number of carbonyl (C=O) groups is 1. The van der Waals surface area contributed by atoms with Gasteiger partial charge in [0.1, 0.15) is 29.0 Å². The molecule has 0 saturated heterocycles. The third kappa shape index (κ3) is 5.04. The molecule has 10 heteroatoms. The van der Waals surface area contributed by atoms with Gasteiger partial charge in [-0.3, -0.25) is 9.10 Å². The number of carbonyl (C=O) groups excluding carboxylic acids is 1. The number of aromatic amines is 1. The number of benzene rings is 4. The number of furan rings is 1. The number of fused-ring (bicyclic) bond motifs is 6. The van der Waals surface area contributed by atoms with Gasteiger partial charge in [0, 0.05) is 64.1 Å². The van der Waals surface area contributed by atoms with Gasteiger partial charge in [0.05, 0.1) is 23.2 Å². The molecule has 2 N–H and O–H groups in total. The van der Waals surface area contributed by atoms with Crippen LogP contribution >= 0.6 is 0 Å². The molecule has 3 heterocycles. The van der Waals surface area contributed by atoms with Crippen LogP contribution in [0.2, 0.25) is 0 Å². The zero-order chi connectivity index (χ0) is 33.4. The number of hydrogen-bond acceptors (Lipinski definition) is 5. The van der Waals surface area contributed by atoms with Gasteiger partial charge < -0.3 is 19.5 Å². The van der Waals surface area contributed by atoms with Crippen LogP contribution in [0.15, 0.2) is 83.3 Å². The number of hydrogen-bond donors (Lipinski definition) is 2. The minimum absolute atomic E-state index is 0.202. The second kappa shape index (κ2) is 10.7. The molecule has 2 aromatic heterocycles. The van der Waals surface area contributed by atoms with Gasteiger partial charge in [0.2, 0.25) is 10.0 Å². The number of para-hydroxylation sites is 1. The molecule has 1 aliphatic heterocycles. The summed E-state index contributed by atoms with van der Waals surface area (Å²) in [5.74, 6) is 0.140. The summed E-state index contributed by atoms with van der Waals surface area (Å²) in [5, 5.41) is 4.25. The van der Waals surface area contributed by atoms with Crippen LogP contribution in [0.25, 0.3) is 55.6 Å². The number of rotatable bonds is 5. The largest absolute Gasteiger partial charge is 0.484 e. The zero-order valence-corrected chi connectivity index (χ0v) is 27.7. The summed E-state index contributed by atoms with van der Waals surface area (Å²) in [6, 6.07) is 23.0. The Balaban J connectivity index is 1.50. The van der Waals surface area contributed by atoms with E-state index in [1.54, 1.807) is 12.1 Å². The molecule has 6 aromatic rings. The second-order valence-corrected chi connectivity index (χ2v) is 15.0. The van der Waals surface area contributed by atoms with Crippen molar-refractivity contribution in [3.8, 4) is 39.5 Å². The normalized spacial score (nSPS) is 14.5. The third-order valence-electron chi connectivity index (χ3n) is 8.80. The van der Waals surface area contributed by atoms with E-state index in [0.717, 1.165) is 34.0 Å². The van der Waals surface area contributed by atoms with Gasteiger partial charge in [-0.25, -0.2) is 12.8 Å². The van der Waals surface area contributed by atoms with Crippen molar-refractivity contribution in [2.45, 2.75) is 26.9 Å². The summed E-state index contributed by atoms with van der Waals surface area (Å²) in [5.41, 5.74) is 6.38. The summed E-state index contributed by atoms with van der Waals surface area (Å²) in [6.45, 7) is 6.46. The number of H-pyrrole nitrogens is 1. The van der Waals surface area contributed by atoms with E-state index in [9.17, 15) is 17.6 Å². The van der Waals surface area contributed by atoms with Crippen molar-refractivity contribution < 1.29 is 26.8 Å². The minimum atomic E-state index is -3.70. The fourth-order valence-corrected chi connectivity index (χ4v) is 6.91. The summed E-state index contributed by atoms with van der Waals surface area (Å²) in [6.07, 6.45) is 0.925. The monoisotopic (exact) mass is 651 g/mol. The van der Waals surface area contributed by atoms with Gasteiger partial charge in [-0.15, -0.1) is 0 Å². The molecule has 1 amide bonds. The first-order valence-electron chi connectivity index (χ1n) is 15.2. The van der Waals surface area contributed by atoms with Crippen molar-refractivity contribution in [2.75, 3.05) is 24.7 Å². The number of sulfonamides is 1. The van der Waals surface area contributed by atoms with Gasteiger partial charge in [0.15, 0.2) is 0 Å². The first-order chi connectivity index (χ1) is 22.3. The molecule has 0 radical (unpaired) electrons. The molecule has 47 heavy (non-hydrogen) atoms. The Bertz CT molecular complexity index is 2330. The number of amides is 1. The molecule has 0 aliphatic carbocycles. The predicted octanol–water partition coefficient (Wildman–Crippen LogP) is 8.29. The molecule has 0 bridgehead atoms. The Morgan fingerprint density at radius 2 is 1.64 bits per heavy atom. The van der Waals surface area contributed by atoms with Gasteiger partial charge in [-0.2, -0.15) is 0 Å². The topological polar surface area (TPSA) is 105 Å². The van der Waals surface area contributed by atoms with E-state index in [0.29, 0.717) is 39.1 Å². The maximum Gasteiger partial charge on any atom is 0.255 e. The number of aromatic nitrogens is 1. The summed E-state index contributed by atoms with van der Waals surface area (Å²) >= 11 is 0. The molecule has 0 fully saturated rings. The predicted molar refractivity (Wildman–Crippen MR) is 184 cm³/mol. The number of nitrogens with zero attached hydrogens (tertiary/aromatic N) is 1. The third-order valence-corrected chi connectivity index (χ3v) is 9.99. The van der Waals surface area contributed by atoms with Crippen LogP contribution < -0.4 is 14.4 Å². The second-order valence-electron chi connectivity index (χ2n) is 13.0. The first kappa shape index (κ1) is 30.6. The Morgan fingerprint density at radius 1 is 0.936 bits per heavy atom. The highest BCUT2D eigenvalue weighted by Gasteiger charge is 2.38. The van der Waals surface area contributed by atoms with Crippen LogP contribution in [0.4, 0.5) is 10.1 Å². The van der Waals surface area contributed by atoms with Crippen molar-refractivity contribution in [3.05, 3.63) is 95.8 Å². The minimum Gasteiger partial charge on any atom is -0.484 e. The number of ether oxygens (including phenoxy) is 1. The van der Waals surface area contributed by atoms with E-state index in [4.69, 9.17) is 9.15 Å². The van der Waals surface area contributed by atoms with E-state index in [1.165, 1.54) is 42.7 Å². The lowest BCUT2D eigenvalue weighted by Crippen LogP contribution is -2.26. The fraction of sp³-hybridized carbons (Fsp3) is 0.216. The SMILES string of the molecule is CNC(=O)c1c(-c2ccc(F)cc2)oc2cc(N(C)S(C)(=O)=O)c(-c3ccc4c(c3)-c3[nH]c5ccccc5c3C(C(C)(C)C)O4)cc12. The molecule has 0 saturated carbocycles. The molecule has 240 valence electrons. The van der Waals surface area contributed by atoms with Crippen molar-refractivity contribution in [3.63, 3.8) is 0 Å². The van der Waals surface area contributed by atoms with Crippen molar-refractivity contribution in [1.29, 1.82) is 0 Å². The van der Waals surface area contributed by atoms with E-state index in [1.807, 2.05) is 36.4 Å². The van der Waals surface area contributed by atoms with E-state index in [-0.39, 0.29) is 22.8 Å². The Kier molecular flexibility index (Phi) is 6.98. The lowest BCUT2D eigenvalue weighted by molar-refractivity contribution is 0.0857. The average molecular weight is 652 g/mol. The molecule has 0 spiro atoms. The molecule has 4 aromatic carbocycles. The maximum absolute atomic E-state index is 13.8. The lowest BCUT2D eigenvalue weighted by Gasteiger charge is -2.36. The van der Waals surface area contributed by atoms with Crippen molar-refractivity contribution >= 4 is 43.5 Å². The van der Waals surface area contributed by atoms with Gasteiger partial charge in [-0.1, -0.05) is 45.0 Å². The average Bonchev–Trinajstić information content (AvgIpc) is 3.61. The lowest BCUT2D eigenvalue weighted by atomic mass is 9.81. The summed E-state index contributed by atoms with van der Waals surface area (Å²) < 4.78 is 53.8. The maximum atomic E-state index is 13.8. The summed E-state index contributed by atoms with van der Waals surface area (Å²) in [7, 11) is -0.700. The number of anilines is 1. The molecule has 7 rings (SSSR count).